The molecule has 1 aliphatic rings. The maximum atomic E-state index is 13.8. The fourth-order valence-corrected chi connectivity index (χ4v) is 5.67. The van der Waals surface area contributed by atoms with E-state index in [1.54, 1.807) is 32.9 Å². The predicted molar refractivity (Wildman–Crippen MR) is 151 cm³/mol. The number of sulfonamides is 1. The van der Waals surface area contributed by atoms with Crippen LogP contribution in [0.3, 0.4) is 0 Å². The molecule has 1 heterocycles. The van der Waals surface area contributed by atoms with Crippen LogP contribution in [-0.2, 0) is 37.2 Å². The van der Waals surface area contributed by atoms with Crippen molar-refractivity contribution in [1.82, 2.24) is 5.48 Å². The molecular formula is C29H30F3N3O7S. The Morgan fingerprint density at radius 2 is 1.72 bits per heavy atom. The van der Waals surface area contributed by atoms with E-state index in [0.29, 0.717) is 6.07 Å². The van der Waals surface area contributed by atoms with Gasteiger partial charge in [0.1, 0.15) is 17.5 Å². The molecule has 0 saturated carbocycles. The summed E-state index contributed by atoms with van der Waals surface area (Å²) < 4.78 is 79.8. The lowest BCUT2D eigenvalue weighted by Crippen LogP contribution is -2.45. The third-order valence-electron chi connectivity index (χ3n) is 5.97. The zero-order valence-corrected chi connectivity index (χ0v) is 24.3. The maximum Gasteiger partial charge on any atom is 0.416 e. The number of carbonyl (C=O) groups is 2. The van der Waals surface area contributed by atoms with Crippen LogP contribution in [0.2, 0.25) is 0 Å². The molecule has 1 atom stereocenters. The van der Waals surface area contributed by atoms with E-state index < -0.39 is 56.9 Å². The maximum absolute atomic E-state index is 13.8. The summed E-state index contributed by atoms with van der Waals surface area (Å²) in [6, 6.07) is 16.5. The van der Waals surface area contributed by atoms with E-state index in [-0.39, 0.29) is 30.2 Å². The molecule has 4 rings (SSSR count). The number of anilines is 2. The average molecular weight is 622 g/mol. The van der Waals surface area contributed by atoms with Gasteiger partial charge in [-0.15, -0.1) is 0 Å². The highest BCUT2D eigenvalue weighted by molar-refractivity contribution is 7.92. The topological polar surface area (TPSA) is 123 Å². The number of fused-ring (bicyclic) bond motifs is 1. The monoisotopic (exact) mass is 621 g/mol. The number of amides is 2. The number of benzene rings is 3. The third-order valence-corrected chi connectivity index (χ3v) is 7.74. The highest BCUT2D eigenvalue weighted by Crippen LogP contribution is 2.40. The number of carbonyl (C=O) groups excluding carboxylic acids is 2. The smallest absolute Gasteiger partial charge is 0.416 e. The van der Waals surface area contributed by atoms with Crippen LogP contribution in [0.5, 0.6) is 5.75 Å². The van der Waals surface area contributed by atoms with E-state index in [2.05, 4.69) is 10.8 Å². The van der Waals surface area contributed by atoms with Gasteiger partial charge in [-0.2, -0.15) is 13.2 Å². The summed E-state index contributed by atoms with van der Waals surface area (Å²) in [5, 5.41) is 2.50. The third kappa shape index (κ3) is 8.38. The first-order valence-electron chi connectivity index (χ1n) is 13.1. The molecule has 0 fully saturated rings. The number of nitrogens with one attached hydrogen (secondary N) is 2. The molecule has 10 nitrogen and oxygen atoms in total. The van der Waals surface area contributed by atoms with Crippen molar-refractivity contribution in [2.45, 2.75) is 56.6 Å². The van der Waals surface area contributed by atoms with Crippen LogP contribution < -0.4 is 19.8 Å². The van der Waals surface area contributed by atoms with Gasteiger partial charge in [0.25, 0.3) is 10.0 Å². The van der Waals surface area contributed by atoms with Gasteiger partial charge in [0, 0.05) is 5.69 Å². The van der Waals surface area contributed by atoms with Crippen molar-refractivity contribution in [3.05, 3.63) is 83.9 Å². The zero-order valence-electron chi connectivity index (χ0n) is 23.5. The van der Waals surface area contributed by atoms with E-state index in [4.69, 9.17) is 14.3 Å². The van der Waals surface area contributed by atoms with E-state index in [1.807, 2.05) is 18.2 Å². The first kappa shape index (κ1) is 31.6. The number of alkyl halides is 3. The van der Waals surface area contributed by atoms with Crippen molar-refractivity contribution in [2.75, 3.05) is 16.2 Å². The highest BCUT2D eigenvalue weighted by Gasteiger charge is 2.38. The average Bonchev–Trinajstić information content (AvgIpc) is 2.92. The van der Waals surface area contributed by atoms with Gasteiger partial charge >= 0.3 is 12.3 Å². The summed E-state index contributed by atoms with van der Waals surface area (Å²) >= 11 is 0. The van der Waals surface area contributed by atoms with Crippen LogP contribution in [-0.4, -0.2) is 38.7 Å². The first-order chi connectivity index (χ1) is 20.1. The minimum Gasteiger partial charge on any atom is -0.486 e. The molecule has 0 spiro atoms. The largest absolute Gasteiger partial charge is 0.486 e. The van der Waals surface area contributed by atoms with Gasteiger partial charge in [-0.05, 0) is 62.7 Å². The molecule has 43 heavy (non-hydrogen) atoms. The second-order valence-electron chi connectivity index (χ2n) is 10.6. The van der Waals surface area contributed by atoms with Crippen molar-refractivity contribution >= 4 is 33.4 Å². The number of hydrogen-bond donors (Lipinski definition) is 2. The highest BCUT2D eigenvalue weighted by atomic mass is 32.2. The summed E-state index contributed by atoms with van der Waals surface area (Å²) in [5.41, 5.74) is 1.23. The molecule has 230 valence electrons. The van der Waals surface area contributed by atoms with Crippen molar-refractivity contribution in [3.8, 4) is 5.75 Å². The number of ether oxygens (including phenoxy) is 2. The Bertz CT molecular complexity index is 1580. The minimum atomic E-state index is -4.78. The number of hydroxylamine groups is 1. The Morgan fingerprint density at radius 1 is 1.00 bits per heavy atom. The lowest BCUT2D eigenvalue weighted by molar-refractivity contribution is -0.138. The van der Waals surface area contributed by atoms with Gasteiger partial charge in [-0.3, -0.25) is 19.3 Å². The first-order valence-corrected chi connectivity index (χ1v) is 14.5. The Kier molecular flexibility index (Phi) is 9.21. The summed E-state index contributed by atoms with van der Waals surface area (Å²) in [5.74, 6) is -0.580. The molecule has 3 aromatic rings. The molecule has 0 aromatic heterocycles. The van der Waals surface area contributed by atoms with Crippen molar-refractivity contribution < 1.29 is 45.5 Å². The van der Waals surface area contributed by atoms with E-state index in [1.165, 1.54) is 18.2 Å². The Labute approximate surface area is 246 Å². The van der Waals surface area contributed by atoms with Gasteiger partial charge in [-0.1, -0.05) is 36.4 Å². The van der Waals surface area contributed by atoms with E-state index in [9.17, 15) is 31.2 Å². The molecule has 1 aliphatic heterocycles. The van der Waals surface area contributed by atoms with Crippen LogP contribution >= 0.6 is 0 Å². The molecule has 14 heteroatoms. The van der Waals surface area contributed by atoms with E-state index >= 15 is 0 Å². The van der Waals surface area contributed by atoms with Crippen LogP contribution in [0.25, 0.3) is 0 Å². The zero-order chi connectivity index (χ0) is 31.4. The molecule has 0 bridgehead atoms. The quantitative estimate of drug-likeness (QED) is 0.312. The predicted octanol–water partition coefficient (Wildman–Crippen LogP) is 5.65. The van der Waals surface area contributed by atoms with Crippen LogP contribution in [0.15, 0.2) is 77.7 Å². The van der Waals surface area contributed by atoms with Crippen LogP contribution in [0.1, 0.15) is 38.3 Å². The van der Waals surface area contributed by atoms with Crippen molar-refractivity contribution in [3.63, 3.8) is 0 Å². The lowest BCUT2D eigenvalue weighted by Gasteiger charge is -2.35. The Hall–Kier alpha value is -4.30. The molecule has 2 amide bonds. The normalized spacial score (nSPS) is 15.2. The Morgan fingerprint density at radius 3 is 2.40 bits per heavy atom. The molecular weight excluding hydrogens is 591 g/mol. The molecule has 2 N–H and O–H groups in total. The molecule has 3 aromatic carbocycles. The minimum absolute atomic E-state index is 0.0274. The van der Waals surface area contributed by atoms with Gasteiger partial charge in [-0.25, -0.2) is 18.7 Å². The second-order valence-corrected chi connectivity index (χ2v) is 12.5. The molecule has 0 aliphatic carbocycles. The number of rotatable bonds is 8. The fourth-order valence-electron chi connectivity index (χ4n) is 4.13. The van der Waals surface area contributed by atoms with Gasteiger partial charge in [0.05, 0.1) is 35.7 Å². The van der Waals surface area contributed by atoms with Crippen LogP contribution in [0, 0.1) is 0 Å². The fraction of sp³-hybridized carbons (Fsp3) is 0.310. The molecule has 0 saturated heterocycles. The number of hydrogen-bond acceptors (Lipinski definition) is 7. The SMILES string of the molecule is CC(C)(C)OC(=O)Nc1ccc2c(c1)N(S(=O)(=O)c1cccc(C(F)(F)F)c1)CC(CC(=O)NOCc1ccccc1)O2. The summed E-state index contributed by atoms with van der Waals surface area (Å²) in [6.45, 7) is 4.66. The van der Waals surface area contributed by atoms with Gasteiger partial charge in [0.2, 0.25) is 5.91 Å². The second kappa shape index (κ2) is 12.5. The standard InChI is InChI=1S/C29H30F3N3O7S/c1-28(2,3)42-27(37)33-21-12-13-25-24(15-21)35(43(38,39)23-11-7-10-20(14-23)29(30,31)32)17-22(41-25)16-26(36)34-40-18-19-8-5-4-6-9-19/h4-15,22H,16-18H2,1-3H3,(H,33,37)(H,34,36). The Balaban J connectivity index is 1.60. The van der Waals surface area contributed by atoms with Crippen LogP contribution in [0.4, 0.5) is 29.3 Å². The number of nitrogens with zero attached hydrogens (tertiary/aromatic N) is 1. The molecule has 1 unspecified atom stereocenters. The van der Waals surface area contributed by atoms with Gasteiger partial charge < -0.3 is 9.47 Å². The summed E-state index contributed by atoms with van der Waals surface area (Å²) in [4.78, 5) is 29.6. The summed E-state index contributed by atoms with van der Waals surface area (Å²) in [7, 11) is -4.61. The molecule has 0 radical (unpaired) electrons. The van der Waals surface area contributed by atoms with E-state index in [0.717, 1.165) is 28.1 Å². The van der Waals surface area contributed by atoms with Gasteiger partial charge in [0.15, 0.2) is 0 Å². The lowest BCUT2D eigenvalue weighted by atomic mass is 10.1. The summed E-state index contributed by atoms with van der Waals surface area (Å²) in [6.07, 6.45) is -6.94. The number of halogens is 3. The van der Waals surface area contributed by atoms with Crippen molar-refractivity contribution in [1.29, 1.82) is 0 Å². The van der Waals surface area contributed by atoms with Crippen molar-refractivity contribution in [2.24, 2.45) is 0 Å².